The van der Waals surface area contributed by atoms with Crippen LogP contribution < -0.4 is 16.8 Å². The smallest absolute Gasteiger partial charge is 0.383 e. The molecule has 2 aromatic heterocycles. The van der Waals surface area contributed by atoms with Gasteiger partial charge in [0, 0.05) is 30.6 Å². The number of aryl methyl sites for hydroxylation is 1. The van der Waals surface area contributed by atoms with E-state index >= 15 is 0 Å². The summed E-state index contributed by atoms with van der Waals surface area (Å²) in [5.41, 5.74) is 10.7. The molecule has 0 aliphatic rings. The molecule has 0 unspecified atom stereocenters. The summed E-state index contributed by atoms with van der Waals surface area (Å²) in [5.74, 6) is -0.805. The fourth-order valence-corrected chi connectivity index (χ4v) is 3.79. The fraction of sp³-hybridized carbons (Fsp3) is 0.211. The van der Waals surface area contributed by atoms with Gasteiger partial charge in [-0.25, -0.2) is 15.0 Å². The van der Waals surface area contributed by atoms with Gasteiger partial charge in [0.1, 0.15) is 22.7 Å². The third-order valence-corrected chi connectivity index (χ3v) is 5.71. The normalized spacial score (nSPS) is 11.4. The highest BCUT2D eigenvalue weighted by Crippen LogP contribution is 2.36. The van der Waals surface area contributed by atoms with Gasteiger partial charge in [-0.1, -0.05) is 11.6 Å². The van der Waals surface area contributed by atoms with Crippen molar-refractivity contribution in [1.29, 1.82) is 0 Å². The molecule has 0 saturated heterocycles. The van der Waals surface area contributed by atoms with E-state index in [1.807, 2.05) is 0 Å². The number of halogens is 4. The Bertz CT molecular complexity index is 1170. The van der Waals surface area contributed by atoms with E-state index in [1.165, 1.54) is 18.6 Å². The molecule has 3 rings (SSSR count). The number of carbonyl (C=O) groups excluding carboxylic acids is 2. The molecule has 0 atom stereocenters. The van der Waals surface area contributed by atoms with Crippen LogP contribution >= 0.6 is 22.9 Å². The molecule has 8 nitrogen and oxygen atoms in total. The van der Waals surface area contributed by atoms with Crippen molar-refractivity contribution in [3.05, 3.63) is 62.5 Å². The minimum absolute atomic E-state index is 0.00999. The third-order valence-electron chi connectivity index (χ3n) is 4.32. The van der Waals surface area contributed by atoms with Gasteiger partial charge in [-0.15, -0.1) is 11.3 Å². The monoisotopic (exact) mass is 484 g/mol. The highest BCUT2D eigenvalue weighted by atomic mass is 35.5. The Morgan fingerprint density at radius 3 is 2.62 bits per heavy atom. The minimum Gasteiger partial charge on any atom is -0.383 e. The Morgan fingerprint density at radius 2 is 1.94 bits per heavy atom. The molecule has 0 aliphatic heterocycles. The van der Waals surface area contributed by atoms with Gasteiger partial charge in [0.15, 0.2) is 5.78 Å². The summed E-state index contributed by atoms with van der Waals surface area (Å²) in [6.07, 6.45) is -1.92. The third kappa shape index (κ3) is 5.39. The Hall–Kier alpha value is -3.09. The quantitative estimate of drug-likeness (QED) is 0.434. The number of thiazole rings is 1. The van der Waals surface area contributed by atoms with Crippen LogP contribution in [0.15, 0.2) is 30.7 Å². The van der Waals surface area contributed by atoms with Crippen LogP contribution in [-0.2, 0) is 19.1 Å². The zero-order valence-corrected chi connectivity index (χ0v) is 17.8. The van der Waals surface area contributed by atoms with E-state index in [2.05, 4.69) is 20.3 Å². The first-order chi connectivity index (χ1) is 15.1. The Kier molecular flexibility index (Phi) is 7.06. The number of nitrogens with two attached hydrogens (primary N) is 2. The van der Waals surface area contributed by atoms with E-state index < -0.39 is 22.7 Å². The number of anilines is 2. The molecule has 1 aromatic carbocycles. The van der Waals surface area contributed by atoms with Crippen LogP contribution in [0.5, 0.6) is 0 Å². The lowest BCUT2D eigenvalue weighted by Crippen LogP contribution is -2.14. The average Bonchev–Trinajstić information content (AvgIpc) is 3.21. The number of amides is 1. The number of ketones is 1. The van der Waals surface area contributed by atoms with Crippen molar-refractivity contribution >= 4 is 46.1 Å². The first-order valence-electron chi connectivity index (χ1n) is 9.05. The summed E-state index contributed by atoms with van der Waals surface area (Å²) in [5, 5.41) is 2.41. The lowest BCUT2D eigenvalue weighted by Gasteiger charge is -2.11. The number of Topliss-reactive ketones (excluding diaryl/α,β-unsaturated/α-hetero) is 1. The van der Waals surface area contributed by atoms with Crippen LogP contribution in [0.4, 0.5) is 24.7 Å². The molecule has 13 heteroatoms. The van der Waals surface area contributed by atoms with E-state index in [4.69, 9.17) is 23.1 Å². The number of aromatic nitrogens is 3. The number of hydrogen-bond acceptors (Lipinski definition) is 8. The molecule has 0 bridgehead atoms. The maximum Gasteiger partial charge on any atom is 0.417 e. The molecule has 0 radical (unpaired) electrons. The van der Waals surface area contributed by atoms with Crippen LogP contribution in [0, 0.1) is 0 Å². The Morgan fingerprint density at radius 1 is 1.19 bits per heavy atom. The molecule has 0 spiro atoms. The predicted molar refractivity (Wildman–Crippen MR) is 114 cm³/mol. The van der Waals surface area contributed by atoms with Crippen LogP contribution in [0.2, 0.25) is 5.02 Å². The number of nitrogens with zero attached hydrogens (tertiary/aromatic N) is 3. The van der Waals surface area contributed by atoms with Gasteiger partial charge in [0.05, 0.1) is 21.8 Å². The number of nitrogen functional groups attached to an aromatic ring is 1. The Labute approximate surface area is 188 Å². The summed E-state index contributed by atoms with van der Waals surface area (Å²) in [6, 6.07) is 3.07. The average molecular weight is 485 g/mol. The van der Waals surface area contributed by atoms with Gasteiger partial charge >= 0.3 is 6.18 Å². The molecule has 0 saturated carbocycles. The predicted octanol–water partition coefficient (Wildman–Crippen LogP) is 3.71. The van der Waals surface area contributed by atoms with Gasteiger partial charge in [0.2, 0.25) is 0 Å². The summed E-state index contributed by atoms with van der Waals surface area (Å²) in [4.78, 5) is 36.9. The summed E-state index contributed by atoms with van der Waals surface area (Å²) < 4.78 is 38.9. The lowest BCUT2D eigenvalue weighted by atomic mass is 10.1. The second-order valence-electron chi connectivity index (χ2n) is 6.48. The molecular formula is C19H16ClF3N6O2S. The number of rotatable bonds is 7. The standard InChI is InChI=1S/C19H16ClF3N6O2S/c20-12-2-1-9(5-11(12)19(21,22)23)29-18(31)14-7-26-15(32-14)4-3-13(30)16-10(6-24)17(25)28-8-27-16/h1-2,5,7-8H,3-4,6,24H2,(H,29,31)(H2,25,27,28). The van der Waals surface area contributed by atoms with Gasteiger partial charge in [-0.2, -0.15) is 13.2 Å². The van der Waals surface area contributed by atoms with Crippen LogP contribution in [-0.4, -0.2) is 26.6 Å². The van der Waals surface area contributed by atoms with Crippen molar-refractivity contribution in [2.24, 2.45) is 5.73 Å². The SMILES string of the molecule is NCc1c(N)ncnc1C(=O)CCc1ncc(C(=O)Nc2ccc(Cl)c(C(F)(F)F)c2)s1. The van der Waals surface area contributed by atoms with Crippen molar-refractivity contribution in [2.75, 3.05) is 11.1 Å². The summed E-state index contributed by atoms with van der Waals surface area (Å²) in [7, 11) is 0. The molecule has 1 amide bonds. The van der Waals surface area contributed by atoms with Crippen molar-refractivity contribution in [1.82, 2.24) is 15.0 Å². The van der Waals surface area contributed by atoms with Crippen molar-refractivity contribution in [3.63, 3.8) is 0 Å². The molecule has 32 heavy (non-hydrogen) atoms. The van der Waals surface area contributed by atoms with Crippen LogP contribution in [0.25, 0.3) is 0 Å². The Balaban J connectivity index is 1.66. The molecule has 2 heterocycles. The summed E-state index contributed by atoms with van der Waals surface area (Å²) >= 11 is 6.60. The van der Waals surface area contributed by atoms with Gasteiger partial charge in [0.25, 0.3) is 5.91 Å². The van der Waals surface area contributed by atoms with Crippen LogP contribution in [0.3, 0.4) is 0 Å². The summed E-state index contributed by atoms with van der Waals surface area (Å²) in [6.45, 7) is 0.00999. The van der Waals surface area contributed by atoms with E-state index in [0.29, 0.717) is 10.6 Å². The number of hydrogen-bond donors (Lipinski definition) is 3. The van der Waals surface area contributed by atoms with Crippen LogP contribution in [0.1, 0.15) is 42.7 Å². The maximum absolute atomic E-state index is 13.0. The van der Waals surface area contributed by atoms with Crippen molar-refractivity contribution < 1.29 is 22.8 Å². The first kappa shape index (κ1) is 23.6. The fourth-order valence-electron chi connectivity index (χ4n) is 2.75. The second-order valence-corrected chi connectivity index (χ2v) is 8.00. The topological polar surface area (TPSA) is 137 Å². The zero-order chi connectivity index (χ0) is 23.5. The largest absolute Gasteiger partial charge is 0.417 e. The van der Waals surface area contributed by atoms with Crippen molar-refractivity contribution in [2.45, 2.75) is 25.6 Å². The molecule has 5 N–H and O–H groups in total. The van der Waals surface area contributed by atoms with E-state index in [9.17, 15) is 22.8 Å². The maximum atomic E-state index is 13.0. The van der Waals surface area contributed by atoms with E-state index in [1.54, 1.807) is 0 Å². The molecule has 0 fully saturated rings. The highest BCUT2D eigenvalue weighted by molar-refractivity contribution is 7.13. The van der Waals surface area contributed by atoms with E-state index in [0.717, 1.165) is 23.5 Å². The van der Waals surface area contributed by atoms with Gasteiger partial charge < -0.3 is 16.8 Å². The molecular weight excluding hydrogens is 469 g/mol. The number of benzene rings is 1. The molecule has 168 valence electrons. The van der Waals surface area contributed by atoms with Gasteiger partial charge in [-0.3, -0.25) is 9.59 Å². The number of carbonyl (C=O) groups is 2. The lowest BCUT2D eigenvalue weighted by molar-refractivity contribution is -0.137. The van der Waals surface area contributed by atoms with E-state index in [-0.39, 0.29) is 47.2 Å². The minimum atomic E-state index is -4.65. The number of alkyl halides is 3. The van der Waals surface area contributed by atoms with Gasteiger partial charge in [-0.05, 0) is 18.2 Å². The number of nitrogens with one attached hydrogen (secondary N) is 1. The van der Waals surface area contributed by atoms with Crippen molar-refractivity contribution in [3.8, 4) is 0 Å². The molecule has 0 aliphatic carbocycles. The second kappa shape index (κ2) is 9.59. The first-order valence-corrected chi connectivity index (χ1v) is 10.2. The zero-order valence-electron chi connectivity index (χ0n) is 16.2. The molecule has 3 aromatic rings. The highest BCUT2D eigenvalue weighted by Gasteiger charge is 2.33.